The van der Waals surface area contributed by atoms with Crippen LogP contribution in [0.4, 0.5) is 0 Å². The maximum atomic E-state index is 5.62. The topological polar surface area (TPSA) is 38.9 Å². The monoisotopic (exact) mass is 248 g/mol. The molecule has 0 N–H and O–H groups in total. The molecule has 0 aliphatic carbocycles. The molecule has 0 fully saturated rings. The van der Waals surface area contributed by atoms with Crippen LogP contribution in [0.2, 0.25) is 0 Å². The Hall–Kier alpha value is -1.29. The van der Waals surface area contributed by atoms with Gasteiger partial charge in [0.1, 0.15) is 0 Å². The molecule has 2 rings (SSSR count). The molecule has 1 atom stereocenters. The third kappa shape index (κ3) is 3.09. The molecule has 0 radical (unpaired) electrons. The third-order valence-electron chi connectivity index (χ3n) is 2.58. The fraction of sp³-hybridized carbons (Fsp3) is 0.385. The zero-order valence-electron chi connectivity index (χ0n) is 10.3. The smallest absolute Gasteiger partial charge is 0.277 e. The van der Waals surface area contributed by atoms with Crippen LogP contribution in [-0.4, -0.2) is 15.4 Å². The van der Waals surface area contributed by atoms with Gasteiger partial charge < -0.3 is 4.42 Å². The lowest BCUT2D eigenvalue weighted by atomic mass is 10.1. The van der Waals surface area contributed by atoms with Crippen molar-refractivity contribution in [1.29, 1.82) is 0 Å². The van der Waals surface area contributed by atoms with Gasteiger partial charge >= 0.3 is 0 Å². The summed E-state index contributed by atoms with van der Waals surface area (Å²) < 4.78 is 5.62. The van der Waals surface area contributed by atoms with E-state index in [1.807, 2.05) is 24.3 Å². The minimum atomic E-state index is 0.501. The van der Waals surface area contributed by atoms with Crippen LogP contribution in [0.25, 0.3) is 11.5 Å². The summed E-state index contributed by atoms with van der Waals surface area (Å²) in [6.07, 6.45) is 1.09. The van der Waals surface area contributed by atoms with Gasteiger partial charge in [-0.2, -0.15) is 0 Å². The Morgan fingerprint density at radius 2 is 1.94 bits per heavy atom. The standard InChI is InChI=1S/C13H16N2OS/c1-4-10(3)17-13-15-14-12(16-13)11-7-5-9(2)6-8-11/h5-8,10H,4H2,1-3H3. The molecular formula is C13H16N2OS. The van der Waals surface area contributed by atoms with Crippen LogP contribution in [0.3, 0.4) is 0 Å². The second-order valence-corrected chi connectivity index (χ2v) is 5.47. The third-order valence-corrected chi connectivity index (χ3v) is 3.68. The van der Waals surface area contributed by atoms with Gasteiger partial charge in [0, 0.05) is 10.8 Å². The van der Waals surface area contributed by atoms with Gasteiger partial charge in [0.25, 0.3) is 5.22 Å². The van der Waals surface area contributed by atoms with Crippen LogP contribution >= 0.6 is 11.8 Å². The minimum Gasteiger partial charge on any atom is -0.411 e. The Kier molecular flexibility index (Phi) is 3.84. The fourth-order valence-electron chi connectivity index (χ4n) is 1.33. The molecule has 3 nitrogen and oxygen atoms in total. The lowest BCUT2D eigenvalue weighted by Crippen LogP contribution is -1.91. The largest absolute Gasteiger partial charge is 0.411 e. The highest BCUT2D eigenvalue weighted by Crippen LogP contribution is 2.27. The van der Waals surface area contributed by atoms with E-state index in [2.05, 4.69) is 31.0 Å². The van der Waals surface area contributed by atoms with E-state index in [0.29, 0.717) is 16.4 Å². The van der Waals surface area contributed by atoms with Crippen molar-refractivity contribution in [3.05, 3.63) is 29.8 Å². The van der Waals surface area contributed by atoms with Crippen LogP contribution in [0.15, 0.2) is 33.9 Å². The molecule has 2 aromatic rings. The number of nitrogens with zero attached hydrogens (tertiary/aromatic N) is 2. The van der Waals surface area contributed by atoms with E-state index in [0.717, 1.165) is 12.0 Å². The summed E-state index contributed by atoms with van der Waals surface area (Å²) in [4.78, 5) is 0. The van der Waals surface area contributed by atoms with Gasteiger partial charge in [0.2, 0.25) is 5.89 Å². The highest BCUT2D eigenvalue weighted by Gasteiger charge is 2.11. The maximum absolute atomic E-state index is 5.62. The fourth-order valence-corrected chi connectivity index (χ4v) is 2.05. The molecule has 1 aromatic carbocycles. The zero-order chi connectivity index (χ0) is 12.3. The van der Waals surface area contributed by atoms with E-state index in [-0.39, 0.29) is 0 Å². The summed E-state index contributed by atoms with van der Waals surface area (Å²) in [5.41, 5.74) is 2.20. The van der Waals surface area contributed by atoms with Crippen molar-refractivity contribution >= 4 is 11.8 Å². The molecule has 17 heavy (non-hydrogen) atoms. The summed E-state index contributed by atoms with van der Waals surface area (Å²) in [7, 11) is 0. The van der Waals surface area contributed by atoms with Crippen LogP contribution in [-0.2, 0) is 0 Å². The molecule has 0 saturated heterocycles. The van der Waals surface area contributed by atoms with Gasteiger partial charge in [0.15, 0.2) is 0 Å². The SMILES string of the molecule is CCC(C)Sc1nnc(-c2ccc(C)cc2)o1. The number of hydrogen-bond acceptors (Lipinski definition) is 4. The second-order valence-electron chi connectivity index (χ2n) is 4.08. The molecule has 0 spiro atoms. The lowest BCUT2D eigenvalue weighted by molar-refractivity contribution is 0.464. The Labute approximate surface area is 106 Å². The summed E-state index contributed by atoms with van der Waals surface area (Å²) in [5.74, 6) is 0.593. The summed E-state index contributed by atoms with van der Waals surface area (Å²) in [6, 6.07) is 8.09. The van der Waals surface area contributed by atoms with E-state index in [4.69, 9.17) is 4.42 Å². The quantitative estimate of drug-likeness (QED) is 0.768. The summed E-state index contributed by atoms with van der Waals surface area (Å²) >= 11 is 1.62. The van der Waals surface area contributed by atoms with Crippen molar-refractivity contribution in [1.82, 2.24) is 10.2 Å². The molecular weight excluding hydrogens is 232 g/mol. The number of aryl methyl sites for hydroxylation is 1. The van der Waals surface area contributed by atoms with Crippen molar-refractivity contribution in [3.63, 3.8) is 0 Å². The van der Waals surface area contributed by atoms with Crippen molar-refractivity contribution in [2.45, 2.75) is 37.7 Å². The van der Waals surface area contributed by atoms with Crippen LogP contribution in [0.1, 0.15) is 25.8 Å². The lowest BCUT2D eigenvalue weighted by Gasteiger charge is -2.01. The molecule has 0 bridgehead atoms. The Morgan fingerprint density at radius 1 is 1.24 bits per heavy atom. The van der Waals surface area contributed by atoms with Crippen LogP contribution in [0, 0.1) is 6.92 Å². The molecule has 0 aliphatic rings. The number of aromatic nitrogens is 2. The highest BCUT2D eigenvalue weighted by molar-refractivity contribution is 7.99. The Balaban J connectivity index is 2.15. The summed E-state index contributed by atoms with van der Waals surface area (Å²) in [5, 5.41) is 9.26. The minimum absolute atomic E-state index is 0.501. The van der Waals surface area contributed by atoms with Crippen molar-refractivity contribution < 1.29 is 4.42 Å². The van der Waals surface area contributed by atoms with Crippen LogP contribution in [0.5, 0.6) is 0 Å². The predicted octanol–water partition coefficient (Wildman–Crippen LogP) is 3.94. The Morgan fingerprint density at radius 3 is 2.59 bits per heavy atom. The van der Waals surface area contributed by atoms with Crippen molar-refractivity contribution in [3.8, 4) is 11.5 Å². The first kappa shape index (κ1) is 12.2. The van der Waals surface area contributed by atoms with Gasteiger partial charge in [-0.15, -0.1) is 10.2 Å². The van der Waals surface area contributed by atoms with Gasteiger partial charge in [-0.3, -0.25) is 0 Å². The van der Waals surface area contributed by atoms with E-state index in [1.54, 1.807) is 11.8 Å². The number of benzene rings is 1. The molecule has 0 aliphatic heterocycles. The number of thioether (sulfide) groups is 1. The average Bonchev–Trinajstić information content (AvgIpc) is 2.78. The predicted molar refractivity (Wildman–Crippen MR) is 70.1 cm³/mol. The zero-order valence-corrected chi connectivity index (χ0v) is 11.1. The van der Waals surface area contributed by atoms with Gasteiger partial charge in [-0.05, 0) is 25.5 Å². The van der Waals surface area contributed by atoms with E-state index >= 15 is 0 Å². The normalized spacial score (nSPS) is 12.6. The second kappa shape index (κ2) is 5.36. The first-order valence-electron chi connectivity index (χ1n) is 5.76. The van der Waals surface area contributed by atoms with E-state index in [9.17, 15) is 0 Å². The van der Waals surface area contributed by atoms with Gasteiger partial charge in [0.05, 0.1) is 0 Å². The molecule has 1 aromatic heterocycles. The number of rotatable bonds is 4. The van der Waals surface area contributed by atoms with E-state index in [1.165, 1.54) is 5.56 Å². The van der Waals surface area contributed by atoms with Crippen molar-refractivity contribution in [2.24, 2.45) is 0 Å². The molecule has 0 saturated carbocycles. The van der Waals surface area contributed by atoms with E-state index < -0.39 is 0 Å². The van der Waals surface area contributed by atoms with Gasteiger partial charge in [-0.25, -0.2) is 0 Å². The molecule has 0 amide bonds. The van der Waals surface area contributed by atoms with Crippen LogP contribution < -0.4 is 0 Å². The summed E-state index contributed by atoms with van der Waals surface area (Å²) in [6.45, 7) is 6.36. The van der Waals surface area contributed by atoms with Crippen molar-refractivity contribution in [2.75, 3.05) is 0 Å². The average molecular weight is 248 g/mol. The highest BCUT2D eigenvalue weighted by atomic mass is 32.2. The maximum Gasteiger partial charge on any atom is 0.277 e. The molecule has 1 unspecified atom stereocenters. The molecule has 90 valence electrons. The molecule has 4 heteroatoms. The van der Waals surface area contributed by atoms with Gasteiger partial charge in [-0.1, -0.05) is 43.3 Å². The first-order chi connectivity index (χ1) is 8.19. The first-order valence-corrected chi connectivity index (χ1v) is 6.64. The number of hydrogen-bond donors (Lipinski definition) is 0. The Bertz CT molecular complexity index is 478. The molecule has 1 heterocycles.